The first-order valence-corrected chi connectivity index (χ1v) is 5.79. The molecule has 0 atom stereocenters. The maximum atomic E-state index is 9.34. The highest BCUT2D eigenvalue weighted by atomic mass is 16.5. The maximum Gasteiger partial charge on any atom is 0.0604 e. The van der Waals surface area contributed by atoms with E-state index in [0.717, 1.165) is 45.1 Å². The Morgan fingerprint density at radius 3 is 2.36 bits per heavy atom. The molecule has 3 heteroatoms. The van der Waals surface area contributed by atoms with Crippen molar-refractivity contribution in [2.75, 3.05) is 6.61 Å². The average molecular weight is 199 g/mol. The molecule has 0 unspecified atom stereocenters. The molecule has 2 saturated carbocycles. The normalized spacial score (nSPS) is 43.3. The van der Waals surface area contributed by atoms with Crippen molar-refractivity contribution < 1.29 is 9.84 Å². The molecule has 2 aliphatic carbocycles. The number of ether oxygens (including phenoxy) is 1. The smallest absolute Gasteiger partial charge is 0.0604 e. The van der Waals surface area contributed by atoms with E-state index in [2.05, 4.69) is 0 Å². The molecule has 0 aromatic carbocycles. The zero-order valence-electron chi connectivity index (χ0n) is 8.69. The zero-order valence-corrected chi connectivity index (χ0v) is 8.69. The van der Waals surface area contributed by atoms with Crippen LogP contribution >= 0.6 is 0 Å². The SMILES string of the molecule is NC1CC(OCC2CCC(O)CC2)C1. The summed E-state index contributed by atoms with van der Waals surface area (Å²) in [4.78, 5) is 0. The monoisotopic (exact) mass is 199 g/mol. The van der Waals surface area contributed by atoms with Gasteiger partial charge < -0.3 is 15.6 Å². The van der Waals surface area contributed by atoms with E-state index in [1.165, 1.54) is 0 Å². The van der Waals surface area contributed by atoms with E-state index in [0.29, 0.717) is 18.1 Å². The van der Waals surface area contributed by atoms with Crippen LogP contribution in [-0.2, 0) is 4.74 Å². The second-order valence-corrected chi connectivity index (χ2v) is 4.86. The number of aliphatic hydroxyl groups excluding tert-OH is 1. The Hall–Kier alpha value is -0.120. The van der Waals surface area contributed by atoms with Crippen molar-refractivity contribution in [2.24, 2.45) is 11.7 Å². The van der Waals surface area contributed by atoms with Crippen molar-refractivity contribution in [3.05, 3.63) is 0 Å². The number of aliphatic hydroxyl groups is 1. The van der Waals surface area contributed by atoms with Gasteiger partial charge in [0.2, 0.25) is 0 Å². The van der Waals surface area contributed by atoms with Gasteiger partial charge in [0.25, 0.3) is 0 Å². The molecule has 0 aromatic heterocycles. The van der Waals surface area contributed by atoms with Crippen LogP contribution in [0, 0.1) is 5.92 Å². The fourth-order valence-corrected chi connectivity index (χ4v) is 2.33. The summed E-state index contributed by atoms with van der Waals surface area (Å²) in [7, 11) is 0. The van der Waals surface area contributed by atoms with Crippen LogP contribution in [0.2, 0.25) is 0 Å². The minimum Gasteiger partial charge on any atom is -0.393 e. The number of rotatable bonds is 3. The Morgan fingerprint density at radius 2 is 1.79 bits per heavy atom. The average Bonchev–Trinajstić information content (AvgIpc) is 2.13. The summed E-state index contributed by atoms with van der Waals surface area (Å²) in [6.45, 7) is 0.879. The Balaban J connectivity index is 1.57. The van der Waals surface area contributed by atoms with Gasteiger partial charge in [0.15, 0.2) is 0 Å². The molecular weight excluding hydrogens is 178 g/mol. The van der Waals surface area contributed by atoms with Crippen molar-refractivity contribution in [2.45, 2.75) is 56.8 Å². The quantitative estimate of drug-likeness (QED) is 0.714. The predicted octanol–water partition coefficient (Wildman–Crippen LogP) is 1.04. The van der Waals surface area contributed by atoms with Gasteiger partial charge in [-0.15, -0.1) is 0 Å². The van der Waals surface area contributed by atoms with Crippen LogP contribution in [-0.4, -0.2) is 30.0 Å². The summed E-state index contributed by atoms with van der Waals surface area (Å²) in [6.07, 6.45) is 6.61. The first-order valence-electron chi connectivity index (χ1n) is 5.79. The largest absolute Gasteiger partial charge is 0.393 e. The van der Waals surface area contributed by atoms with Gasteiger partial charge in [0.05, 0.1) is 12.2 Å². The zero-order chi connectivity index (χ0) is 9.97. The van der Waals surface area contributed by atoms with Crippen molar-refractivity contribution in [1.29, 1.82) is 0 Å². The van der Waals surface area contributed by atoms with E-state index in [-0.39, 0.29) is 6.10 Å². The van der Waals surface area contributed by atoms with E-state index in [1.54, 1.807) is 0 Å². The highest BCUT2D eigenvalue weighted by Crippen LogP contribution is 2.27. The molecular formula is C11H21NO2. The summed E-state index contributed by atoms with van der Waals surface area (Å²) >= 11 is 0. The summed E-state index contributed by atoms with van der Waals surface area (Å²) in [5.41, 5.74) is 5.68. The van der Waals surface area contributed by atoms with Gasteiger partial charge in [0.1, 0.15) is 0 Å². The Labute approximate surface area is 85.6 Å². The number of nitrogens with two attached hydrogens (primary N) is 1. The second kappa shape index (κ2) is 4.60. The first-order chi connectivity index (χ1) is 6.74. The molecule has 0 amide bonds. The van der Waals surface area contributed by atoms with Crippen molar-refractivity contribution in [1.82, 2.24) is 0 Å². The molecule has 14 heavy (non-hydrogen) atoms. The number of hydrogen-bond donors (Lipinski definition) is 2. The lowest BCUT2D eigenvalue weighted by Gasteiger charge is -2.34. The van der Waals surface area contributed by atoms with E-state index in [4.69, 9.17) is 10.5 Å². The van der Waals surface area contributed by atoms with Crippen molar-refractivity contribution >= 4 is 0 Å². The Morgan fingerprint density at radius 1 is 1.14 bits per heavy atom. The highest BCUT2D eigenvalue weighted by Gasteiger charge is 2.28. The summed E-state index contributed by atoms with van der Waals surface area (Å²) in [5.74, 6) is 0.676. The fraction of sp³-hybridized carbons (Fsp3) is 1.00. The first kappa shape index (κ1) is 10.4. The molecule has 0 heterocycles. The van der Waals surface area contributed by atoms with Crippen molar-refractivity contribution in [3.8, 4) is 0 Å². The van der Waals surface area contributed by atoms with Gasteiger partial charge in [-0.1, -0.05) is 0 Å². The van der Waals surface area contributed by atoms with Crippen LogP contribution in [0.5, 0.6) is 0 Å². The lowest BCUT2D eigenvalue weighted by molar-refractivity contribution is -0.0360. The Kier molecular flexibility index (Phi) is 3.42. The third-order valence-corrected chi connectivity index (χ3v) is 3.52. The maximum absolute atomic E-state index is 9.34. The molecule has 0 aromatic rings. The molecule has 3 N–H and O–H groups in total. The highest BCUT2D eigenvalue weighted by molar-refractivity contribution is 4.83. The minimum atomic E-state index is -0.0524. The lowest BCUT2D eigenvalue weighted by Crippen LogP contribution is -2.42. The molecule has 0 radical (unpaired) electrons. The van der Waals surface area contributed by atoms with Crippen LogP contribution in [0.15, 0.2) is 0 Å². The summed E-state index contributed by atoms with van der Waals surface area (Å²) in [6, 6.07) is 0.383. The van der Waals surface area contributed by atoms with Gasteiger partial charge in [-0.2, -0.15) is 0 Å². The van der Waals surface area contributed by atoms with Gasteiger partial charge in [-0.3, -0.25) is 0 Å². The molecule has 0 bridgehead atoms. The van der Waals surface area contributed by atoms with Crippen LogP contribution < -0.4 is 5.73 Å². The minimum absolute atomic E-state index is 0.0524. The van der Waals surface area contributed by atoms with E-state index in [9.17, 15) is 5.11 Å². The van der Waals surface area contributed by atoms with Crippen LogP contribution in [0.1, 0.15) is 38.5 Å². The topological polar surface area (TPSA) is 55.5 Å². The molecule has 0 spiro atoms. The van der Waals surface area contributed by atoms with Gasteiger partial charge in [-0.05, 0) is 44.4 Å². The standard InChI is InChI=1S/C11H21NO2/c12-9-5-11(6-9)14-7-8-1-3-10(13)4-2-8/h8-11,13H,1-7,12H2. The van der Waals surface area contributed by atoms with E-state index < -0.39 is 0 Å². The lowest BCUT2D eigenvalue weighted by atomic mass is 9.87. The van der Waals surface area contributed by atoms with Crippen LogP contribution in [0.4, 0.5) is 0 Å². The van der Waals surface area contributed by atoms with Gasteiger partial charge >= 0.3 is 0 Å². The molecule has 82 valence electrons. The molecule has 0 aliphatic heterocycles. The third-order valence-electron chi connectivity index (χ3n) is 3.52. The van der Waals surface area contributed by atoms with Gasteiger partial charge in [-0.25, -0.2) is 0 Å². The van der Waals surface area contributed by atoms with E-state index >= 15 is 0 Å². The molecule has 2 fully saturated rings. The Bertz CT molecular complexity index is 172. The molecule has 2 rings (SSSR count). The predicted molar refractivity (Wildman–Crippen MR) is 54.9 cm³/mol. The van der Waals surface area contributed by atoms with Crippen LogP contribution in [0.25, 0.3) is 0 Å². The van der Waals surface area contributed by atoms with Gasteiger partial charge in [0, 0.05) is 12.6 Å². The molecule has 3 nitrogen and oxygen atoms in total. The summed E-state index contributed by atoms with van der Waals surface area (Å²) < 4.78 is 5.76. The summed E-state index contributed by atoms with van der Waals surface area (Å²) in [5, 5.41) is 9.34. The third kappa shape index (κ3) is 2.69. The van der Waals surface area contributed by atoms with Crippen LogP contribution in [0.3, 0.4) is 0 Å². The van der Waals surface area contributed by atoms with Crippen molar-refractivity contribution in [3.63, 3.8) is 0 Å². The molecule has 0 saturated heterocycles. The van der Waals surface area contributed by atoms with E-state index in [1.807, 2.05) is 0 Å². The second-order valence-electron chi connectivity index (χ2n) is 4.86. The number of hydrogen-bond acceptors (Lipinski definition) is 3. The fourth-order valence-electron chi connectivity index (χ4n) is 2.33. The molecule has 2 aliphatic rings.